The summed E-state index contributed by atoms with van der Waals surface area (Å²) in [4.78, 5) is 11.0. The van der Waals surface area contributed by atoms with Crippen LogP contribution in [0, 0.1) is 5.82 Å². The van der Waals surface area contributed by atoms with Gasteiger partial charge in [0.25, 0.3) is 0 Å². The Bertz CT molecular complexity index is 659. The predicted octanol–water partition coefficient (Wildman–Crippen LogP) is 2.26. The van der Waals surface area contributed by atoms with Crippen LogP contribution in [0.2, 0.25) is 0 Å². The lowest BCUT2D eigenvalue weighted by atomic mass is 10.1. The average Bonchev–Trinajstić information content (AvgIpc) is 2.42. The van der Waals surface area contributed by atoms with Gasteiger partial charge in [-0.05, 0) is 30.3 Å². The van der Waals surface area contributed by atoms with Crippen LogP contribution >= 0.6 is 0 Å². The number of carbonyl (C=O) groups excluding carboxylic acids is 1. The standard InChI is InChI=1S/C14H14FN3O2/c1-20-13-7-9(3-4-10(13)15)18-12-5-2-8(14(17)19)6-11(12)16/h2-7,18H,16H2,1H3,(H2,17,19). The van der Waals surface area contributed by atoms with Crippen molar-refractivity contribution in [3.05, 3.63) is 47.8 Å². The number of carbonyl (C=O) groups is 1. The highest BCUT2D eigenvalue weighted by Crippen LogP contribution is 2.27. The zero-order valence-corrected chi connectivity index (χ0v) is 10.8. The average molecular weight is 275 g/mol. The zero-order chi connectivity index (χ0) is 14.7. The van der Waals surface area contributed by atoms with E-state index < -0.39 is 11.7 Å². The van der Waals surface area contributed by atoms with Crippen molar-refractivity contribution in [2.75, 3.05) is 18.2 Å². The molecular formula is C14H14FN3O2. The predicted molar refractivity (Wildman–Crippen MR) is 75.6 cm³/mol. The van der Waals surface area contributed by atoms with Crippen LogP contribution in [0.5, 0.6) is 5.75 Å². The lowest BCUT2D eigenvalue weighted by Crippen LogP contribution is -2.11. The Labute approximate surface area is 115 Å². The topological polar surface area (TPSA) is 90.4 Å². The molecule has 0 heterocycles. The molecule has 1 amide bonds. The molecule has 0 aromatic heterocycles. The number of ether oxygens (including phenoxy) is 1. The first-order valence-corrected chi connectivity index (χ1v) is 5.81. The third kappa shape index (κ3) is 2.80. The van der Waals surface area contributed by atoms with Gasteiger partial charge in [-0.25, -0.2) is 4.39 Å². The molecule has 5 N–H and O–H groups in total. The molecule has 0 radical (unpaired) electrons. The third-order valence-corrected chi connectivity index (χ3v) is 2.77. The van der Waals surface area contributed by atoms with E-state index in [2.05, 4.69) is 5.32 Å². The molecule has 0 bridgehead atoms. The quantitative estimate of drug-likeness (QED) is 0.746. The summed E-state index contributed by atoms with van der Waals surface area (Å²) in [5, 5.41) is 3.02. The van der Waals surface area contributed by atoms with Gasteiger partial charge in [0.15, 0.2) is 11.6 Å². The smallest absolute Gasteiger partial charge is 0.248 e. The van der Waals surface area contributed by atoms with Crippen LogP contribution in [0.1, 0.15) is 10.4 Å². The molecule has 0 unspecified atom stereocenters. The van der Waals surface area contributed by atoms with Crippen LogP contribution < -0.4 is 21.5 Å². The molecule has 0 spiro atoms. The number of primary amides is 1. The van der Waals surface area contributed by atoms with Gasteiger partial charge in [-0.2, -0.15) is 0 Å². The molecule has 0 aliphatic rings. The first kappa shape index (κ1) is 13.7. The van der Waals surface area contributed by atoms with Gasteiger partial charge in [-0.3, -0.25) is 4.79 Å². The highest BCUT2D eigenvalue weighted by Gasteiger charge is 2.07. The number of benzene rings is 2. The van der Waals surface area contributed by atoms with Gasteiger partial charge in [0, 0.05) is 17.3 Å². The first-order chi connectivity index (χ1) is 9.51. The van der Waals surface area contributed by atoms with Crippen molar-refractivity contribution in [1.29, 1.82) is 0 Å². The van der Waals surface area contributed by atoms with Crippen LogP contribution in [0.4, 0.5) is 21.5 Å². The fourth-order valence-corrected chi connectivity index (χ4v) is 1.72. The summed E-state index contributed by atoms with van der Waals surface area (Å²) in [5.74, 6) is -0.871. The second kappa shape index (κ2) is 5.48. The van der Waals surface area contributed by atoms with E-state index in [9.17, 15) is 9.18 Å². The van der Waals surface area contributed by atoms with Crippen molar-refractivity contribution >= 4 is 23.0 Å². The SMILES string of the molecule is COc1cc(Nc2ccc(C(N)=O)cc2N)ccc1F. The normalized spacial score (nSPS) is 10.1. The fourth-order valence-electron chi connectivity index (χ4n) is 1.72. The summed E-state index contributed by atoms with van der Waals surface area (Å²) in [7, 11) is 1.39. The summed E-state index contributed by atoms with van der Waals surface area (Å²) < 4.78 is 18.2. The van der Waals surface area contributed by atoms with E-state index in [0.29, 0.717) is 22.6 Å². The number of halogens is 1. The fraction of sp³-hybridized carbons (Fsp3) is 0.0714. The summed E-state index contributed by atoms with van der Waals surface area (Å²) in [6.45, 7) is 0. The number of hydrogen-bond donors (Lipinski definition) is 3. The summed E-state index contributed by atoms with van der Waals surface area (Å²) in [6.07, 6.45) is 0. The third-order valence-electron chi connectivity index (χ3n) is 2.77. The number of nitrogen functional groups attached to an aromatic ring is 1. The van der Waals surface area contributed by atoms with Gasteiger partial charge < -0.3 is 21.5 Å². The maximum absolute atomic E-state index is 13.3. The second-order valence-electron chi connectivity index (χ2n) is 4.14. The Morgan fingerprint density at radius 1 is 1.25 bits per heavy atom. The molecule has 0 saturated heterocycles. The van der Waals surface area contributed by atoms with E-state index in [1.165, 1.54) is 25.3 Å². The van der Waals surface area contributed by atoms with Gasteiger partial charge in [0.1, 0.15) is 0 Å². The van der Waals surface area contributed by atoms with Crippen molar-refractivity contribution in [3.63, 3.8) is 0 Å². The molecule has 0 aliphatic carbocycles. The van der Waals surface area contributed by atoms with Crippen molar-refractivity contribution < 1.29 is 13.9 Å². The Kier molecular flexibility index (Phi) is 3.74. The Morgan fingerprint density at radius 3 is 2.60 bits per heavy atom. The molecule has 0 fully saturated rings. The van der Waals surface area contributed by atoms with E-state index in [-0.39, 0.29) is 5.75 Å². The highest BCUT2D eigenvalue weighted by molar-refractivity contribution is 5.95. The lowest BCUT2D eigenvalue weighted by Gasteiger charge is -2.11. The molecule has 2 aromatic rings. The van der Waals surface area contributed by atoms with Gasteiger partial charge in [-0.15, -0.1) is 0 Å². The van der Waals surface area contributed by atoms with Gasteiger partial charge in [-0.1, -0.05) is 0 Å². The molecule has 104 valence electrons. The van der Waals surface area contributed by atoms with Crippen LogP contribution in [-0.2, 0) is 0 Å². The van der Waals surface area contributed by atoms with Crippen molar-refractivity contribution in [3.8, 4) is 5.75 Å². The van der Waals surface area contributed by atoms with Gasteiger partial charge in [0.2, 0.25) is 5.91 Å². The van der Waals surface area contributed by atoms with E-state index in [0.717, 1.165) is 0 Å². The van der Waals surface area contributed by atoms with E-state index in [1.807, 2.05) is 0 Å². The maximum atomic E-state index is 13.3. The number of nitrogens with one attached hydrogen (secondary N) is 1. The van der Waals surface area contributed by atoms with E-state index in [4.69, 9.17) is 16.2 Å². The highest BCUT2D eigenvalue weighted by atomic mass is 19.1. The van der Waals surface area contributed by atoms with Crippen LogP contribution in [0.15, 0.2) is 36.4 Å². The summed E-state index contributed by atoms with van der Waals surface area (Å²) in [5.41, 5.74) is 12.9. The molecule has 6 heteroatoms. The van der Waals surface area contributed by atoms with Crippen LogP contribution in [-0.4, -0.2) is 13.0 Å². The van der Waals surface area contributed by atoms with Crippen molar-refractivity contribution in [1.82, 2.24) is 0 Å². The minimum Gasteiger partial charge on any atom is -0.494 e. The van der Waals surface area contributed by atoms with Crippen molar-refractivity contribution in [2.24, 2.45) is 5.73 Å². The van der Waals surface area contributed by atoms with Gasteiger partial charge in [0.05, 0.1) is 18.5 Å². The molecule has 20 heavy (non-hydrogen) atoms. The number of rotatable bonds is 4. The maximum Gasteiger partial charge on any atom is 0.248 e. The first-order valence-electron chi connectivity index (χ1n) is 5.81. The van der Waals surface area contributed by atoms with Crippen LogP contribution in [0.3, 0.4) is 0 Å². The van der Waals surface area contributed by atoms with Gasteiger partial charge >= 0.3 is 0 Å². The minimum absolute atomic E-state index is 0.127. The molecule has 0 aliphatic heterocycles. The van der Waals surface area contributed by atoms with Crippen LogP contribution in [0.25, 0.3) is 0 Å². The molecule has 5 nitrogen and oxygen atoms in total. The molecule has 2 rings (SSSR count). The van der Waals surface area contributed by atoms with Crippen molar-refractivity contribution in [2.45, 2.75) is 0 Å². The number of hydrogen-bond acceptors (Lipinski definition) is 4. The molecule has 2 aromatic carbocycles. The zero-order valence-electron chi connectivity index (χ0n) is 10.8. The number of anilines is 3. The van der Waals surface area contributed by atoms with E-state index in [1.54, 1.807) is 18.2 Å². The molecule has 0 saturated carbocycles. The molecular weight excluding hydrogens is 261 g/mol. The summed E-state index contributed by atoms with van der Waals surface area (Å²) >= 11 is 0. The van der Waals surface area contributed by atoms with E-state index >= 15 is 0 Å². The number of nitrogens with two attached hydrogens (primary N) is 2. The number of methoxy groups -OCH3 is 1. The summed E-state index contributed by atoms with van der Waals surface area (Å²) in [6, 6.07) is 9.02. The lowest BCUT2D eigenvalue weighted by molar-refractivity contribution is 0.100. The Hall–Kier alpha value is -2.76. The minimum atomic E-state index is -0.549. The molecule has 0 atom stereocenters. The second-order valence-corrected chi connectivity index (χ2v) is 4.14. The monoisotopic (exact) mass is 275 g/mol. The Balaban J connectivity index is 2.28. The Morgan fingerprint density at radius 2 is 2.00 bits per heavy atom. The largest absolute Gasteiger partial charge is 0.494 e. The number of amides is 1.